The minimum atomic E-state index is -4.34. The van der Waals surface area contributed by atoms with Crippen molar-refractivity contribution in [3.05, 3.63) is 83.1 Å². The van der Waals surface area contributed by atoms with Crippen molar-refractivity contribution in [1.29, 1.82) is 0 Å². The Morgan fingerprint density at radius 3 is 2.46 bits per heavy atom. The maximum absolute atomic E-state index is 12.6. The molecule has 2 aromatic carbocycles. The molecule has 0 bridgehead atoms. The van der Waals surface area contributed by atoms with Gasteiger partial charge in [-0.1, -0.05) is 36.4 Å². The molecule has 0 aliphatic rings. The summed E-state index contributed by atoms with van der Waals surface area (Å²) in [5.74, 6) is 0.135. The van der Waals surface area contributed by atoms with Crippen LogP contribution in [0.15, 0.2) is 65.1 Å². The number of benzene rings is 2. The molecule has 3 rings (SSSR count). The van der Waals surface area contributed by atoms with Crippen LogP contribution in [0.25, 0.3) is 23.1 Å². The van der Waals surface area contributed by atoms with Crippen molar-refractivity contribution >= 4 is 29.1 Å². The van der Waals surface area contributed by atoms with E-state index in [1.54, 1.807) is 55.5 Å². The SMILES string of the molecule is CCOC(=O)c1cccc2oc(C=CC=Cc3ccc(C(F)(F)F)cc3)cc12. The minimum Gasteiger partial charge on any atom is -0.462 e. The molecule has 1 heterocycles. The first-order chi connectivity index (χ1) is 13.4. The highest BCUT2D eigenvalue weighted by Gasteiger charge is 2.29. The van der Waals surface area contributed by atoms with Crippen LogP contribution < -0.4 is 0 Å². The second-order valence-electron chi connectivity index (χ2n) is 5.92. The Labute approximate surface area is 159 Å². The summed E-state index contributed by atoms with van der Waals surface area (Å²) in [6.45, 7) is 2.03. The highest BCUT2D eigenvalue weighted by Crippen LogP contribution is 2.29. The van der Waals surface area contributed by atoms with Gasteiger partial charge in [0.25, 0.3) is 0 Å². The molecule has 0 spiro atoms. The molecule has 0 aliphatic carbocycles. The van der Waals surface area contributed by atoms with Gasteiger partial charge in [0.05, 0.1) is 17.7 Å². The summed E-state index contributed by atoms with van der Waals surface area (Å²) < 4.78 is 48.4. The number of allylic oxidation sites excluding steroid dienone is 2. The van der Waals surface area contributed by atoms with Crippen molar-refractivity contribution in [3.8, 4) is 0 Å². The predicted molar refractivity (Wildman–Crippen MR) is 102 cm³/mol. The van der Waals surface area contributed by atoms with Crippen LogP contribution in [0, 0.1) is 0 Å². The fraction of sp³-hybridized carbons (Fsp3) is 0.136. The third-order valence-corrected chi connectivity index (χ3v) is 3.97. The van der Waals surface area contributed by atoms with Crippen LogP contribution in [-0.4, -0.2) is 12.6 Å². The standard InChI is InChI=1S/C22H17F3O3/c1-2-27-21(26)18-8-5-9-20-19(18)14-17(28-20)7-4-3-6-15-10-12-16(13-11-15)22(23,24)25/h3-14H,2H2,1H3. The molecule has 28 heavy (non-hydrogen) atoms. The molecule has 0 atom stereocenters. The Bertz CT molecular complexity index is 1030. The molecule has 0 aliphatic heterocycles. The number of ether oxygens (including phenoxy) is 1. The average molecular weight is 386 g/mol. The van der Waals surface area contributed by atoms with Gasteiger partial charge >= 0.3 is 12.1 Å². The molecule has 3 nitrogen and oxygen atoms in total. The zero-order chi connectivity index (χ0) is 20.1. The van der Waals surface area contributed by atoms with E-state index in [9.17, 15) is 18.0 Å². The van der Waals surface area contributed by atoms with Crippen LogP contribution in [0.2, 0.25) is 0 Å². The quantitative estimate of drug-likeness (QED) is 0.379. The second kappa shape index (κ2) is 8.17. The first kappa shape index (κ1) is 19.5. The smallest absolute Gasteiger partial charge is 0.416 e. The number of alkyl halides is 3. The van der Waals surface area contributed by atoms with E-state index in [-0.39, 0.29) is 6.61 Å². The number of hydrogen-bond donors (Lipinski definition) is 0. The summed E-state index contributed by atoms with van der Waals surface area (Å²) in [6, 6.07) is 11.8. The van der Waals surface area contributed by atoms with Crippen LogP contribution in [0.4, 0.5) is 13.2 Å². The maximum Gasteiger partial charge on any atom is 0.416 e. The number of fused-ring (bicyclic) bond motifs is 1. The van der Waals surface area contributed by atoms with Gasteiger partial charge in [0.15, 0.2) is 0 Å². The molecular weight excluding hydrogens is 369 g/mol. The predicted octanol–water partition coefficient (Wildman–Crippen LogP) is 6.35. The van der Waals surface area contributed by atoms with Crippen LogP contribution in [-0.2, 0) is 10.9 Å². The lowest BCUT2D eigenvalue weighted by Gasteiger charge is -2.05. The van der Waals surface area contributed by atoms with Gasteiger partial charge < -0.3 is 9.15 Å². The zero-order valence-corrected chi connectivity index (χ0v) is 15.0. The van der Waals surface area contributed by atoms with E-state index in [0.29, 0.717) is 27.9 Å². The molecular formula is C22H17F3O3. The topological polar surface area (TPSA) is 39.4 Å². The summed E-state index contributed by atoms with van der Waals surface area (Å²) in [6.07, 6.45) is 2.45. The van der Waals surface area contributed by atoms with Crippen molar-refractivity contribution in [2.75, 3.05) is 6.61 Å². The van der Waals surface area contributed by atoms with E-state index in [2.05, 4.69) is 0 Å². The third-order valence-electron chi connectivity index (χ3n) is 3.97. The lowest BCUT2D eigenvalue weighted by molar-refractivity contribution is -0.137. The number of hydrogen-bond acceptors (Lipinski definition) is 3. The molecule has 6 heteroatoms. The fourth-order valence-electron chi connectivity index (χ4n) is 2.65. The lowest BCUT2D eigenvalue weighted by Crippen LogP contribution is -2.04. The van der Waals surface area contributed by atoms with Crippen molar-refractivity contribution in [2.24, 2.45) is 0 Å². The third kappa shape index (κ3) is 4.52. The van der Waals surface area contributed by atoms with Crippen molar-refractivity contribution in [2.45, 2.75) is 13.1 Å². The highest BCUT2D eigenvalue weighted by atomic mass is 19.4. The molecule has 0 unspecified atom stereocenters. The van der Waals surface area contributed by atoms with Gasteiger partial charge in [0, 0.05) is 5.39 Å². The highest BCUT2D eigenvalue weighted by molar-refractivity contribution is 6.03. The Morgan fingerprint density at radius 2 is 1.79 bits per heavy atom. The van der Waals surface area contributed by atoms with E-state index in [0.717, 1.165) is 12.1 Å². The first-order valence-electron chi connectivity index (χ1n) is 8.60. The summed E-state index contributed by atoms with van der Waals surface area (Å²) in [4.78, 5) is 12.0. The number of halogens is 3. The number of furan rings is 1. The van der Waals surface area contributed by atoms with Crippen LogP contribution in [0.1, 0.15) is 34.2 Å². The molecule has 1 aromatic heterocycles. The second-order valence-corrected chi connectivity index (χ2v) is 5.92. The summed E-state index contributed by atoms with van der Waals surface area (Å²) in [7, 11) is 0. The summed E-state index contributed by atoms with van der Waals surface area (Å²) in [5.41, 5.74) is 0.965. The monoisotopic (exact) mass is 386 g/mol. The van der Waals surface area contributed by atoms with Crippen molar-refractivity contribution in [3.63, 3.8) is 0 Å². The van der Waals surface area contributed by atoms with E-state index < -0.39 is 17.7 Å². The van der Waals surface area contributed by atoms with Gasteiger partial charge in [-0.2, -0.15) is 13.2 Å². The Morgan fingerprint density at radius 1 is 1.07 bits per heavy atom. The molecule has 0 N–H and O–H groups in total. The Hall–Kier alpha value is -3.28. The van der Waals surface area contributed by atoms with Crippen LogP contribution in [0.5, 0.6) is 0 Å². The van der Waals surface area contributed by atoms with Gasteiger partial charge in [0.1, 0.15) is 11.3 Å². The molecule has 0 saturated heterocycles. The Balaban J connectivity index is 1.74. The van der Waals surface area contributed by atoms with E-state index >= 15 is 0 Å². The van der Waals surface area contributed by atoms with Crippen molar-refractivity contribution in [1.82, 2.24) is 0 Å². The van der Waals surface area contributed by atoms with Gasteiger partial charge in [-0.3, -0.25) is 0 Å². The Kier molecular flexibility index (Phi) is 5.68. The fourth-order valence-corrected chi connectivity index (χ4v) is 2.65. The van der Waals surface area contributed by atoms with E-state index in [1.165, 1.54) is 12.1 Å². The van der Waals surface area contributed by atoms with Gasteiger partial charge in [-0.05, 0) is 48.9 Å². The number of carbonyl (C=O) groups excluding carboxylic acids is 1. The van der Waals surface area contributed by atoms with E-state index in [1.807, 2.05) is 0 Å². The number of carbonyl (C=O) groups is 1. The summed E-state index contributed by atoms with van der Waals surface area (Å²) in [5, 5.41) is 0.660. The van der Waals surface area contributed by atoms with Gasteiger partial charge in [-0.15, -0.1) is 0 Å². The van der Waals surface area contributed by atoms with Gasteiger partial charge in [-0.25, -0.2) is 4.79 Å². The van der Waals surface area contributed by atoms with Gasteiger partial charge in [0.2, 0.25) is 0 Å². The maximum atomic E-state index is 12.6. The molecule has 144 valence electrons. The molecule has 0 saturated carbocycles. The lowest BCUT2D eigenvalue weighted by atomic mass is 10.1. The minimum absolute atomic E-state index is 0.286. The number of rotatable bonds is 5. The molecule has 3 aromatic rings. The number of esters is 1. The molecule has 0 amide bonds. The normalized spacial score (nSPS) is 12.3. The summed E-state index contributed by atoms with van der Waals surface area (Å²) >= 11 is 0. The molecule has 0 radical (unpaired) electrons. The van der Waals surface area contributed by atoms with Crippen molar-refractivity contribution < 1.29 is 27.1 Å². The largest absolute Gasteiger partial charge is 0.462 e. The van der Waals surface area contributed by atoms with Crippen LogP contribution >= 0.6 is 0 Å². The van der Waals surface area contributed by atoms with Crippen LogP contribution in [0.3, 0.4) is 0 Å². The first-order valence-corrected chi connectivity index (χ1v) is 8.60. The zero-order valence-electron chi connectivity index (χ0n) is 15.0. The average Bonchev–Trinajstić information content (AvgIpc) is 3.08. The molecule has 0 fully saturated rings. The van der Waals surface area contributed by atoms with E-state index in [4.69, 9.17) is 9.15 Å².